The molecule has 0 spiro atoms. The van der Waals surface area contributed by atoms with Crippen molar-refractivity contribution in [3.8, 4) is 17.2 Å². The molecule has 0 unspecified atom stereocenters. The number of hydrogen-bond donors (Lipinski definition) is 1. The quantitative estimate of drug-likeness (QED) is 0.717. The van der Waals surface area contributed by atoms with Gasteiger partial charge in [0.25, 0.3) is 0 Å². The predicted octanol–water partition coefficient (Wildman–Crippen LogP) is 2.99. The summed E-state index contributed by atoms with van der Waals surface area (Å²) in [6.07, 6.45) is 1.12. The highest BCUT2D eigenvalue weighted by Gasteiger charge is 2.10. The van der Waals surface area contributed by atoms with Gasteiger partial charge >= 0.3 is 0 Å². The Balaban J connectivity index is 1.50. The van der Waals surface area contributed by atoms with Gasteiger partial charge in [-0.05, 0) is 36.2 Å². The highest BCUT2D eigenvalue weighted by atomic mass is 16.5. The highest BCUT2D eigenvalue weighted by Crippen LogP contribution is 2.21. The van der Waals surface area contributed by atoms with Crippen molar-refractivity contribution in [1.82, 2.24) is 15.5 Å². The molecule has 0 bridgehead atoms. The van der Waals surface area contributed by atoms with Gasteiger partial charge in [-0.2, -0.15) is 0 Å². The van der Waals surface area contributed by atoms with Crippen LogP contribution >= 0.6 is 0 Å². The fraction of sp³-hybridized carbons (Fsp3) is 0.211. The van der Waals surface area contributed by atoms with E-state index in [0.29, 0.717) is 24.6 Å². The maximum absolute atomic E-state index is 11.9. The summed E-state index contributed by atoms with van der Waals surface area (Å²) >= 11 is 0. The Morgan fingerprint density at radius 2 is 1.84 bits per heavy atom. The molecule has 0 saturated heterocycles. The summed E-state index contributed by atoms with van der Waals surface area (Å²) < 4.78 is 10.7. The Bertz CT molecular complexity index is 813. The summed E-state index contributed by atoms with van der Waals surface area (Å²) in [4.78, 5) is 11.9. The van der Waals surface area contributed by atoms with Gasteiger partial charge in [0.15, 0.2) is 0 Å². The van der Waals surface area contributed by atoms with Crippen LogP contribution in [0.1, 0.15) is 17.9 Å². The van der Waals surface area contributed by atoms with Gasteiger partial charge in [-0.15, -0.1) is 10.2 Å². The Morgan fingerprint density at radius 3 is 2.56 bits per heavy atom. The van der Waals surface area contributed by atoms with Crippen LogP contribution in [0.15, 0.2) is 59.0 Å². The fourth-order valence-corrected chi connectivity index (χ4v) is 2.34. The van der Waals surface area contributed by atoms with E-state index in [2.05, 4.69) is 15.5 Å². The molecule has 0 fully saturated rings. The number of aromatic nitrogens is 2. The van der Waals surface area contributed by atoms with Gasteiger partial charge in [0.2, 0.25) is 17.7 Å². The largest absolute Gasteiger partial charge is 0.497 e. The van der Waals surface area contributed by atoms with Crippen molar-refractivity contribution in [1.29, 1.82) is 0 Å². The molecule has 1 aromatic heterocycles. The zero-order chi connectivity index (χ0) is 17.5. The SMILES string of the molecule is COc1ccc(-c2nnc(CNC(=O)CCc3ccccc3)o2)cc1. The minimum atomic E-state index is -0.0481. The van der Waals surface area contributed by atoms with Crippen LogP contribution in [0.3, 0.4) is 0 Å². The van der Waals surface area contributed by atoms with E-state index in [4.69, 9.17) is 9.15 Å². The smallest absolute Gasteiger partial charge is 0.247 e. The van der Waals surface area contributed by atoms with E-state index >= 15 is 0 Å². The van der Waals surface area contributed by atoms with Crippen molar-refractivity contribution < 1.29 is 13.9 Å². The summed E-state index contributed by atoms with van der Waals surface area (Å²) in [6.45, 7) is 0.219. The molecule has 128 valence electrons. The van der Waals surface area contributed by atoms with Gasteiger partial charge in [0, 0.05) is 12.0 Å². The molecule has 0 atom stereocenters. The van der Waals surface area contributed by atoms with E-state index in [9.17, 15) is 4.79 Å². The topological polar surface area (TPSA) is 77.3 Å². The molecule has 0 aliphatic heterocycles. The molecule has 2 aromatic carbocycles. The van der Waals surface area contributed by atoms with E-state index < -0.39 is 0 Å². The Hall–Kier alpha value is -3.15. The predicted molar refractivity (Wildman–Crippen MR) is 92.9 cm³/mol. The van der Waals surface area contributed by atoms with Gasteiger partial charge in [0.05, 0.1) is 13.7 Å². The van der Waals surface area contributed by atoms with Crippen molar-refractivity contribution >= 4 is 5.91 Å². The molecule has 0 aliphatic rings. The third-order valence-electron chi connectivity index (χ3n) is 3.72. The van der Waals surface area contributed by atoms with E-state index in [0.717, 1.165) is 16.9 Å². The third-order valence-corrected chi connectivity index (χ3v) is 3.72. The van der Waals surface area contributed by atoms with Crippen LogP contribution in [0.4, 0.5) is 0 Å². The zero-order valence-corrected chi connectivity index (χ0v) is 13.9. The second kappa shape index (κ2) is 8.10. The Morgan fingerprint density at radius 1 is 1.08 bits per heavy atom. The molecule has 1 heterocycles. The molecule has 0 aliphatic carbocycles. The van der Waals surface area contributed by atoms with Crippen LogP contribution in [0.2, 0.25) is 0 Å². The lowest BCUT2D eigenvalue weighted by atomic mass is 10.1. The summed E-state index contributed by atoms with van der Waals surface area (Å²) in [7, 11) is 1.61. The van der Waals surface area contributed by atoms with Crippen LogP contribution in [-0.4, -0.2) is 23.2 Å². The lowest BCUT2D eigenvalue weighted by molar-refractivity contribution is -0.121. The van der Waals surface area contributed by atoms with Crippen LogP contribution in [0.5, 0.6) is 5.75 Å². The number of methoxy groups -OCH3 is 1. The van der Waals surface area contributed by atoms with Gasteiger partial charge < -0.3 is 14.5 Å². The van der Waals surface area contributed by atoms with Gasteiger partial charge in [0.1, 0.15) is 5.75 Å². The van der Waals surface area contributed by atoms with Crippen LogP contribution in [0, 0.1) is 0 Å². The molecule has 1 N–H and O–H groups in total. The van der Waals surface area contributed by atoms with Crippen LogP contribution in [-0.2, 0) is 17.8 Å². The summed E-state index contributed by atoms with van der Waals surface area (Å²) in [5.74, 6) is 1.50. The second-order valence-corrected chi connectivity index (χ2v) is 5.49. The number of ether oxygens (including phenoxy) is 1. The second-order valence-electron chi connectivity index (χ2n) is 5.49. The van der Waals surface area contributed by atoms with E-state index in [-0.39, 0.29) is 12.5 Å². The van der Waals surface area contributed by atoms with Gasteiger partial charge in [-0.3, -0.25) is 4.79 Å². The minimum Gasteiger partial charge on any atom is -0.497 e. The van der Waals surface area contributed by atoms with Gasteiger partial charge in [-0.25, -0.2) is 0 Å². The average molecular weight is 337 g/mol. The minimum absolute atomic E-state index is 0.0481. The Labute approximate surface area is 145 Å². The Kier molecular flexibility index (Phi) is 5.41. The number of amides is 1. The maximum atomic E-state index is 11.9. The highest BCUT2D eigenvalue weighted by molar-refractivity contribution is 5.76. The molecule has 6 heteroatoms. The number of aryl methyl sites for hydroxylation is 1. The standard InChI is InChI=1S/C19H19N3O3/c1-24-16-10-8-15(9-11-16)19-22-21-18(25-19)13-20-17(23)12-7-14-5-3-2-4-6-14/h2-6,8-11H,7,12-13H2,1H3,(H,20,23). The monoisotopic (exact) mass is 337 g/mol. The first-order valence-electron chi connectivity index (χ1n) is 8.02. The number of carbonyl (C=O) groups excluding carboxylic acids is 1. The number of rotatable bonds is 7. The van der Waals surface area contributed by atoms with E-state index in [1.54, 1.807) is 7.11 Å². The lowest BCUT2D eigenvalue weighted by Crippen LogP contribution is -2.23. The first kappa shape index (κ1) is 16.7. The first-order valence-corrected chi connectivity index (χ1v) is 8.02. The number of benzene rings is 2. The molecular weight excluding hydrogens is 318 g/mol. The maximum Gasteiger partial charge on any atom is 0.247 e. The number of nitrogens with zero attached hydrogens (tertiary/aromatic N) is 2. The molecule has 1 amide bonds. The third kappa shape index (κ3) is 4.67. The first-order chi connectivity index (χ1) is 12.2. The van der Waals surface area contributed by atoms with Crippen molar-refractivity contribution in [2.75, 3.05) is 7.11 Å². The molecule has 0 radical (unpaired) electrons. The number of hydrogen-bond acceptors (Lipinski definition) is 5. The van der Waals surface area contributed by atoms with Crippen molar-refractivity contribution in [3.05, 3.63) is 66.1 Å². The summed E-state index contributed by atoms with van der Waals surface area (Å²) in [5, 5.41) is 10.8. The van der Waals surface area contributed by atoms with Gasteiger partial charge in [-0.1, -0.05) is 30.3 Å². The number of carbonyl (C=O) groups is 1. The lowest BCUT2D eigenvalue weighted by Gasteiger charge is -2.03. The molecule has 6 nitrogen and oxygen atoms in total. The molecular formula is C19H19N3O3. The van der Waals surface area contributed by atoms with Crippen molar-refractivity contribution in [2.45, 2.75) is 19.4 Å². The summed E-state index contributed by atoms with van der Waals surface area (Å²) in [5.41, 5.74) is 1.94. The summed E-state index contributed by atoms with van der Waals surface area (Å²) in [6, 6.07) is 17.2. The van der Waals surface area contributed by atoms with Crippen molar-refractivity contribution in [2.24, 2.45) is 0 Å². The molecule has 3 rings (SSSR count). The van der Waals surface area contributed by atoms with Crippen molar-refractivity contribution in [3.63, 3.8) is 0 Å². The van der Waals surface area contributed by atoms with Crippen LogP contribution in [0.25, 0.3) is 11.5 Å². The normalized spacial score (nSPS) is 10.4. The molecule has 3 aromatic rings. The number of nitrogens with one attached hydrogen (secondary N) is 1. The van der Waals surface area contributed by atoms with E-state index in [1.807, 2.05) is 54.6 Å². The molecule has 25 heavy (non-hydrogen) atoms. The average Bonchev–Trinajstić information content (AvgIpc) is 3.14. The van der Waals surface area contributed by atoms with Crippen LogP contribution < -0.4 is 10.1 Å². The van der Waals surface area contributed by atoms with E-state index in [1.165, 1.54) is 0 Å². The molecule has 0 saturated carbocycles. The fourth-order valence-electron chi connectivity index (χ4n) is 2.34. The zero-order valence-electron chi connectivity index (χ0n) is 13.9.